The van der Waals surface area contributed by atoms with Crippen molar-refractivity contribution in [1.82, 2.24) is 14.1 Å². The Bertz CT molecular complexity index is 2800. The SMILES string of the molecule is CC(C)(C)c1ccnc(-n2c3ccccc3c3ccc([Si](c4ccccc4)(c4ccccc4)c4cccc(-n5c[n+](C(C)(C)C)c6ccccc65)c4)cc32)c1. The lowest BCUT2D eigenvalue weighted by molar-refractivity contribution is -0.731. The van der Waals surface area contributed by atoms with Crippen LogP contribution in [-0.2, 0) is 11.0 Å². The Hall–Kier alpha value is -6.04. The van der Waals surface area contributed by atoms with Gasteiger partial charge in [-0.15, -0.1) is 0 Å². The highest BCUT2D eigenvalue weighted by Crippen LogP contribution is 2.33. The molecule has 270 valence electrons. The van der Waals surface area contributed by atoms with Gasteiger partial charge in [0, 0.05) is 17.0 Å². The van der Waals surface area contributed by atoms with Crippen molar-refractivity contribution in [2.45, 2.75) is 52.5 Å². The molecule has 0 amide bonds. The van der Waals surface area contributed by atoms with Crippen molar-refractivity contribution in [2.24, 2.45) is 0 Å². The third-order valence-electron chi connectivity index (χ3n) is 11.3. The third kappa shape index (κ3) is 5.73. The molecule has 0 aliphatic heterocycles. The lowest BCUT2D eigenvalue weighted by Crippen LogP contribution is -2.74. The van der Waals surface area contributed by atoms with E-state index in [-0.39, 0.29) is 11.0 Å². The van der Waals surface area contributed by atoms with Crippen molar-refractivity contribution in [2.75, 3.05) is 0 Å². The number of aromatic nitrogens is 4. The quantitative estimate of drug-likeness (QED) is 0.0955. The van der Waals surface area contributed by atoms with Gasteiger partial charge in [0.25, 0.3) is 0 Å². The van der Waals surface area contributed by atoms with E-state index in [2.05, 4.69) is 225 Å². The second-order valence-electron chi connectivity index (χ2n) is 16.8. The number of hydrogen-bond donors (Lipinski definition) is 0. The lowest BCUT2D eigenvalue weighted by atomic mass is 9.88. The van der Waals surface area contributed by atoms with Crippen LogP contribution in [0.4, 0.5) is 0 Å². The van der Waals surface area contributed by atoms with Crippen LogP contribution in [0.2, 0.25) is 0 Å². The largest absolute Gasteiger partial charge is 0.294 e. The number of fused-ring (bicyclic) bond motifs is 4. The number of para-hydroxylation sites is 3. The number of hydrogen-bond acceptors (Lipinski definition) is 1. The summed E-state index contributed by atoms with van der Waals surface area (Å²) in [6.07, 6.45) is 4.24. The van der Waals surface area contributed by atoms with E-state index < -0.39 is 8.07 Å². The standard InChI is InChI=1S/C50H47N4Si/c1-49(2,3)36-30-31-51-48(32-36)54-44-25-14-13-24-42(44)43-29-28-41(34-47(43)54)55(38-19-9-7-10-20-38,39-21-11-8-12-22-39)40-23-17-18-37(33-40)52-35-53(50(4,5)6)46-27-16-15-26-45(46)52/h7-35H,1-6H3/q+1. The summed E-state index contributed by atoms with van der Waals surface area (Å²) in [4.78, 5) is 5.02. The molecule has 0 spiro atoms. The molecule has 0 atom stereocenters. The van der Waals surface area contributed by atoms with Crippen LogP contribution in [0.1, 0.15) is 47.1 Å². The number of imidazole rings is 1. The van der Waals surface area contributed by atoms with Gasteiger partial charge in [0.05, 0.1) is 11.0 Å². The highest BCUT2D eigenvalue weighted by molar-refractivity contribution is 7.20. The molecule has 3 aromatic heterocycles. The summed E-state index contributed by atoms with van der Waals surface area (Å²) < 4.78 is 7.14. The summed E-state index contributed by atoms with van der Waals surface area (Å²) in [6, 6.07) is 61.0. The predicted molar refractivity (Wildman–Crippen MR) is 233 cm³/mol. The third-order valence-corrected chi connectivity index (χ3v) is 16.0. The Morgan fingerprint density at radius 3 is 1.80 bits per heavy atom. The summed E-state index contributed by atoms with van der Waals surface area (Å²) >= 11 is 0. The average molecular weight is 732 g/mol. The average Bonchev–Trinajstić information content (AvgIpc) is 3.76. The van der Waals surface area contributed by atoms with Gasteiger partial charge in [0.1, 0.15) is 17.0 Å². The van der Waals surface area contributed by atoms with Crippen LogP contribution in [0.5, 0.6) is 0 Å². The highest BCUT2D eigenvalue weighted by atomic mass is 28.3. The zero-order chi connectivity index (χ0) is 38.0. The van der Waals surface area contributed by atoms with Crippen molar-refractivity contribution < 1.29 is 4.57 Å². The van der Waals surface area contributed by atoms with Crippen molar-refractivity contribution in [3.05, 3.63) is 182 Å². The van der Waals surface area contributed by atoms with Crippen LogP contribution in [0.25, 0.3) is 44.3 Å². The van der Waals surface area contributed by atoms with Gasteiger partial charge in [-0.1, -0.05) is 136 Å². The summed E-state index contributed by atoms with van der Waals surface area (Å²) in [5.74, 6) is 0.941. The zero-order valence-electron chi connectivity index (χ0n) is 32.5. The minimum atomic E-state index is -2.95. The first-order valence-corrected chi connectivity index (χ1v) is 21.3. The van der Waals surface area contributed by atoms with E-state index >= 15 is 0 Å². The summed E-state index contributed by atoms with van der Waals surface area (Å²) in [6.45, 7) is 13.6. The van der Waals surface area contributed by atoms with Crippen LogP contribution in [0.3, 0.4) is 0 Å². The summed E-state index contributed by atoms with van der Waals surface area (Å²) in [5, 5.41) is 7.80. The van der Waals surface area contributed by atoms with Gasteiger partial charge in [-0.2, -0.15) is 4.57 Å². The van der Waals surface area contributed by atoms with E-state index in [1.807, 2.05) is 6.20 Å². The molecule has 0 saturated heterocycles. The topological polar surface area (TPSA) is 26.6 Å². The molecule has 0 aliphatic carbocycles. The smallest absolute Gasteiger partial charge is 0.250 e. The summed E-state index contributed by atoms with van der Waals surface area (Å²) in [5.41, 5.74) is 7.07. The molecule has 9 rings (SSSR count). The van der Waals surface area contributed by atoms with Gasteiger partial charge >= 0.3 is 0 Å². The molecule has 0 aliphatic rings. The van der Waals surface area contributed by atoms with Gasteiger partial charge in [-0.05, 0) is 101 Å². The lowest BCUT2D eigenvalue weighted by Gasteiger charge is -2.34. The molecule has 0 radical (unpaired) electrons. The first-order valence-electron chi connectivity index (χ1n) is 19.3. The number of rotatable bonds is 6. The molecule has 55 heavy (non-hydrogen) atoms. The van der Waals surface area contributed by atoms with E-state index in [0.29, 0.717) is 0 Å². The van der Waals surface area contributed by atoms with Crippen molar-refractivity contribution >= 4 is 61.7 Å². The molecular weight excluding hydrogens is 685 g/mol. The highest BCUT2D eigenvalue weighted by Gasteiger charge is 2.42. The van der Waals surface area contributed by atoms with Gasteiger partial charge in [-0.25, -0.2) is 9.55 Å². The molecule has 0 fully saturated rings. The molecule has 3 heterocycles. The van der Waals surface area contributed by atoms with Gasteiger partial charge < -0.3 is 0 Å². The molecule has 6 aromatic carbocycles. The molecule has 9 aromatic rings. The molecule has 0 unspecified atom stereocenters. The maximum atomic E-state index is 5.02. The Kier molecular flexibility index (Phi) is 8.25. The molecule has 4 nitrogen and oxygen atoms in total. The van der Waals surface area contributed by atoms with Crippen LogP contribution >= 0.6 is 0 Å². The predicted octanol–water partition coefficient (Wildman–Crippen LogP) is 8.84. The first kappa shape index (κ1) is 34.7. The van der Waals surface area contributed by atoms with Crippen LogP contribution in [-0.4, -0.2) is 22.2 Å². The molecule has 5 heteroatoms. The fraction of sp³-hybridized carbons (Fsp3) is 0.160. The van der Waals surface area contributed by atoms with Crippen LogP contribution < -0.4 is 25.3 Å². The fourth-order valence-corrected chi connectivity index (χ4v) is 13.4. The van der Waals surface area contributed by atoms with Crippen molar-refractivity contribution in [1.29, 1.82) is 0 Å². The summed E-state index contributed by atoms with van der Waals surface area (Å²) in [7, 11) is -2.95. The molecule has 0 saturated carbocycles. The van der Waals surface area contributed by atoms with Gasteiger partial charge in [0.2, 0.25) is 6.33 Å². The minimum Gasteiger partial charge on any atom is -0.294 e. The monoisotopic (exact) mass is 731 g/mol. The van der Waals surface area contributed by atoms with Crippen molar-refractivity contribution in [3.63, 3.8) is 0 Å². The van der Waals surface area contributed by atoms with Crippen LogP contribution in [0.15, 0.2) is 176 Å². The van der Waals surface area contributed by atoms with E-state index in [4.69, 9.17) is 4.98 Å². The zero-order valence-corrected chi connectivity index (χ0v) is 33.5. The Labute approximate surface area is 325 Å². The van der Waals surface area contributed by atoms with E-state index in [0.717, 1.165) is 17.0 Å². The minimum absolute atomic E-state index is 0.00743. The van der Waals surface area contributed by atoms with E-state index in [1.165, 1.54) is 53.6 Å². The number of benzene rings is 6. The van der Waals surface area contributed by atoms with Gasteiger partial charge in [0.15, 0.2) is 19.1 Å². The van der Waals surface area contributed by atoms with Gasteiger partial charge in [-0.3, -0.25) is 4.57 Å². The van der Waals surface area contributed by atoms with E-state index in [1.54, 1.807) is 0 Å². The number of pyridine rings is 1. The van der Waals surface area contributed by atoms with Crippen molar-refractivity contribution in [3.8, 4) is 11.5 Å². The van der Waals surface area contributed by atoms with E-state index in [9.17, 15) is 0 Å². The normalized spacial score (nSPS) is 12.5. The molecular formula is C50H47N4Si+. The molecule has 0 N–H and O–H groups in total. The second-order valence-corrected chi connectivity index (χ2v) is 20.6. The number of nitrogens with zero attached hydrogens (tertiary/aromatic N) is 4. The molecule has 0 bridgehead atoms. The first-order chi connectivity index (χ1) is 26.5. The fourth-order valence-electron chi connectivity index (χ4n) is 8.57. The Morgan fingerprint density at radius 1 is 0.509 bits per heavy atom. The Morgan fingerprint density at radius 2 is 1.11 bits per heavy atom. The second kappa shape index (κ2) is 13.1. The Balaban J connectivity index is 1.37. The maximum absolute atomic E-state index is 5.02. The van der Waals surface area contributed by atoms with Crippen LogP contribution in [0, 0.1) is 0 Å². The maximum Gasteiger partial charge on any atom is 0.250 e.